The lowest BCUT2D eigenvalue weighted by Crippen LogP contribution is -2.33. The second kappa shape index (κ2) is 8.09. The van der Waals surface area contributed by atoms with E-state index in [1.165, 1.54) is 7.11 Å². The molecule has 138 valence electrons. The molecule has 0 N–H and O–H groups in total. The van der Waals surface area contributed by atoms with Crippen LogP contribution in [0.25, 0.3) is 6.08 Å². The Morgan fingerprint density at radius 1 is 1.07 bits per heavy atom. The van der Waals surface area contributed by atoms with Crippen molar-refractivity contribution in [1.29, 1.82) is 0 Å². The van der Waals surface area contributed by atoms with E-state index in [0.717, 1.165) is 16.7 Å². The summed E-state index contributed by atoms with van der Waals surface area (Å²) in [6.07, 6.45) is 1.58. The van der Waals surface area contributed by atoms with Gasteiger partial charge in [0.2, 0.25) is 0 Å². The Balaban J connectivity index is 1.82. The fourth-order valence-corrected chi connectivity index (χ4v) is 3.40. The fourth-order valence-electron chi connectivity index (χ4n) is 2.57. The maximum absolute atomic E-state index is 12.6. The molecule has 1 fully saturated rings. The van der Waals surface area contributed by atoms with E-state index in [0.29, 0.717) is 22.6 Å². The minimum Gasteiger partial charge on any atom is -0.497 e. The number of methoxy groups -OCH3 is 2. The zero-order valence-electron chi connectivity index (χ0n) is 14.8. The molecule has 1 aliphatic rings. The quantitative estimate of drug-likeness (QED) is 0.560. The molecule has 0 unspecified atom stereocenters. The van der Waals surface area contributed by atoms with Gasteiger partial charge in [0.15, 0.2) is 5.78 Å². The smallest absolute Gasteiger partial charge is 0.293 e. The molecule has 0 bridgehead atoms. The molecule has 2 aromatic rings. The van der Waals surface area contributed by atoms with Crippen LogP contribution in [-0.2, 0) is 4.79 Å². The number of hydrogen-bond acceptors (Lipinski definition) is 6. The van der Waals surface area contributed by atoms with Crippen molar-refractivity contribution in [3.63, 3.8) is 0 Å². The maximum atomic E-state index is 12.6. The van der Waals surface area contributed by atoms with Crippen LogP contribution in [0.3, 0.4) is 0 Å². The van der Waals surface area contributed by atoms with Gasteiger partial charge in [0.25, 0.3) is 11.1 Å². The SMILES string of the molecule is COc1ccc(/C=C2\SC(=O)N(CC(=O)c3ccccc3)C2=O)c(OC)c1. The van der Waals surface area contributed by atoms with Gasteiger partial charge in [0.05, 0.1) is 25.7 Å². The molecule has 0 aliphatic carbocycles. The number of ketones is 1. The number of carbonyl (C=O) groups excluding carboxylic acids is 3. The first kappa shape index (κ1) is 18.7. The van der Waals surface area contributed by atoms with Gasteiger partial charge in [-0.2, -0.15) is 0 Å². The molecule has 1 aliphatic heterocycles. The highest BCUT2D eigenvalue weighted by Gasteiger charge is 2.36. The van der Waals surface area contributed by atoms with Gasteiger partial charge in [-0.05, 0) is 30.0 Å². The number of carbonyl (C=O) groups is 3. The third-order valence-electron chi connectivity index (χ3n) is 4.00. The Hall–Kier alpha value is -3.06. The summed E-state index contributed by atoms with van der Waals surface area (Å²) < 4.78 is 10.5. The Labute approximate surface area is 160 Å². The summed E-state index contributed by atoms with van der Waals surface area (Å²) in [6, 6.07) is 13.7. The Morgan fingerprint density at radius 2 is 1.81 bits per heavy atom. The number of hydrogen-bond donors (Lipinski definition) is 0. The van der Waals surface area contributed by atoms with Crippen molar-refractivity contribution in [2.45, 2.75) is 0 Å². The van der Waals surface area contributed by atoms with Crippen LogP contribution in [0, 0.1) is 0 Å². The number of amides is 2. The predicted octanol–water partition coefficient (Wildman–Crippen LogP) is 3.62. The number of Topliss-reactive ketones (excluding diaryl/α,β-unsaturated/α-hetero) is 1. The molecule has 3 rings (SSSR count). The monoisotopic (exact) mass is 383 g/mol. The molecule has 27 heavy (non-hydrogen) atoms. The summed E-state index contributed by atoms with van der Waals surface area (Å²) in [5.41, 5.74) is 1.09. The summed E-state index contributed by atoms with van der Waals surface area (Å²) in [5.74, 6) is 0.348. The molecule has 2 amide bonds. The van der Waals surface area contributed by atoms with Crippen molar-refractivity contribution < 1.29 is 23.9 Å². The molecule has 0 spiro atoms. The van der Waals surface area contributed by atoms with E-state index in [1.807, 2.05) is 0 Å². The van der Waals surface area contributed by atoms with Crippen LogP contribution >= 0.6 is 11.8 Å². The van der Waals surface area contributed by atoms with Crippen LogP contribution in [0.4, 0.5) is 4.79 Å². The van der Waals surface area contributed by atoms with Gasteiger partial charge in [0.1, 0.15) is 11.5 Å². The standard InChI is InChI=1S/C20H17NO5S/c1-25-15-9-8-14(17(11-15)26-2)10-18-19(23)21(20(24)27-18)12-16(22)13-6-4-3-5-7-13/h3-11H,12H2,1-2H3/b18-10-. The third kappa shape index (κ3) is 4.03. The number of ether oxygens (including phenoxy) is 2. The van der Waals surface area contributed by atoms with Crippen molar-refractivity contribution in [2.24, 2.45) is 0 Å². The van der Waals surface area contributed by atoms with Crippen molar-refractivity contribution in [3.05, 3.63) is 64.6 Å². The van der Waals surface area contributed by atoms with Gasteiger partial charge >= 0.3 is 0 Å². The molecule has 2 aromatic carbocycles. The number of nitrogens with zero attached hydrogens (tertiary/aromatic N) is 1. The highest BCUT2D eigenvalue weighted by Crippen LogP contribution is 2.35. The highest BCUT2D eigenvalue weighted by molar-refractivity contribution is 8.18. The first-order valence-electron chi connectivity index (χ1n) is 8.09. The summed E-state index contributed by atoms with van der Waals surface area (Å²) in [4.78, 5) is 38.4. The molecule has 7 heteroatoms. The van der Waals surface area contributed by atoms with E-state index in [-0.39, 0.29) is 17.2 Å². The zero-order valence-corrected chi connectivity index (χ0v) is 15.6. The molecule has 0 atom stereocenters. The van der Waals surface area contributed by atoms with E-state index in [2.05, 4.69) is 0 Å². The highest BCUT2D eigenvalue weighted by atomic mass is 32.2. The van der Waals surface area contributed by atoms with Crippen LogP contribution in [0.2, 0.25) is 0 Å². The Kier molecular flexibility index (Phi) is 5.61. The number of imide groups is 1. The number of thioether (sulfide) groups is 1. The summed E-state index contributed by atoms with van der Waals surface area (Å²) in [7, 11) is 3.06. The first-order valence-corrected chi connectivity index (χ1v) is 8.90. The second-order valence-corrected chi connectivity index (χ2v) is 6.66. The maximum Gasteiger partial charge on any atom is 0.293 e. The molecule has 1 saturated heterocycles. The number of rotatable bonds is 6. The minimum absolute atomic E-state index is 0.240. The van der Waals surface area contributed by atoms with Crippen molar-refractivity contribution in [2.75, 3.05) is 20.8 Å². The van der Waals surface area contributed by atoms with Crippen molar-refractivity contribution in [1.82, 2.24) is 4.90 Å². The Bertz CT molecular complexity index is 923. The second-order valence-electron chi connectivity index (χ2n) is 5.66. The third-order valence-corrected chi connectivity index (χ3v) is 4.91. The molecule has 0 saturated carbocycles. The Morgan fingerprint density at radius 3 is 2.48 bits per heavy atom. The van der Waals surface area contributed by atoms with E-state index < -0.39 is 11.1 Å². The van der Waals surface area contributed by atoms with Crippen LogP contribution in [0.5, 0.6) is 11.5 Å². The fraction of sp³-hybridized carbons (Fsp3) is 0.150. The topological polar surface area (TPSA) is 72.9 Å². The lowest BCUT2D eigenvalue weighted by atomic mass is 10.1. The van der Waals surface area contributed by atoms with Crippen LogP contribution < -0.4 is 9.47 Å². The average molecular weight is 383 g/mol. The van der Waals surface area contributed by atoms with Crippen molar-refractivity contribution >= 4 is 34.8 Å². The lowest BCUT2D eigenvalue weighted by molar-refractivity contribution is -0.122. The average Bonchev–Trinajstić information content (AvgIpc) is 2.96. The lowest BCUT2D eigenvalue weighted by Gasteiger charge is -2.11. The molecule has 0 aromatic heterocycles. The molecule has 6 nitrogen and oxygen atoms in total. The minimum atomic E-state index is -0.493. The van der Waals surface area contributed by atoms with Crippen molar-refractivity contribution in [3.8, 4) is 11.5 Å². The largest absolute Gasteiger partial charge is 0.497 e. The van der Waals surface area contributed by atoms with Gasteiger partial charge in [0, 0.05) is 17.2 Å². The van der Waals surface area contributed by atoms with Gasteiger partial charge in [-0.15, -0.1) is 0 Å². The summed E-state index contributed by atoms with van der Waals surface area (Å²) in [6.45, 7) is -0.286. The van der Waals surface area contributed by atoms with Gasteiger partial charge < -0.3 is 9.47 Å². The molecular weight excluding hydrogens is 366 g/mol. The molecule has 0 radical (unpaired) electrons. The first-order chi connectivity index (χ1) is 13.0. The normalized spacial score (nSPS) is 15.3. The van der Waals surface area contributed by atoms with Gasteiger partial charge in [-0.1, -0.05) is 30.3 Å². The predicted molar refractivity (Wildman–Crippen MR) is 103 cm³/mol. The van der Waals surface area contributed by atoms with Gasteiger partial charge in [-0.3, -0.25) is 19.3 Å². The van der Waals surface area contributed by atoms with E-state index >= 15 is 0 Å². The zero-order chi connectivity index (χ0) is 19.4. The van der Waals surface area contributed by atoms with Crippen LogP contribution in [0.1, 0.15) is 15.9 Å². The molecule has 1 heterocycles. The number of benzene rings is 2. The van der Waals surface area contributed by atoms with E-state index in [9.17, 15) is 14.4 Å². The summed E-state index contributed by atoms with van der Waals surface area (Å²) in [5, 5.41) is -0.469. The van der Waals surface area contributed by atoms with E-state index in [4.69, 9.17) is 9.47 Å². The van der Waals surface area contributed by atoms with Crippen LogP contribution in [-0.4, -0.2) is 42.6 Å². The van der Waals surface area contributed by atoms with E-state index in [1.54, 1.807) is 61.7 Å². The van der Waals surface area contributed by atoms with Gasteiger partial charge in [-0.25, -0.2) is 0 Å². The van der Waals surface area contributed by atoms with Crippen LogP contribution in [0.15, 0.2) is 53.4 Å². The summed E-state index contributed by atoms with van der Waals surface area (Å²) >= 11 is 0.802. The molecular formula is C20H17NO5S.